The Morgan fingerprint density at radius 2 is 2.16 bits per heavy atom. The lowest BCUT2D eigenvalue weighted by Crippen LogP contribution is -2.26. The zero-order chi connectivity index (χ0) is 14.3. The summed E-state index contributed by atoms with van der Waals surface area (Å²) < 4.78 is 13.6. The number of hydrogen-bond acceptors (Lipinski definition) is 4. The second-order valence-electron chi connectivity index (χ2n) is 3.85. The van der Waals surface area contributed by atoms with Gasteiger partial charge in [0.25, 0.3) is 0 Å². The zero-order valence-electron chi connectivity index (χ0n) is 10.6. The standard InChI is InChI=1S/C12H16FN3O3/c1-2-5-14-9(17)4-7-16-11-10(13)8(12(18)19)3-6-15-11/h3,6H,2,4-5,7H2,1H3,(H,14,17)(H,15,16)(H,18,19). The second kappa shape index (κ2) is 7.30. The zero-order valence-corrected chi connectivity index (χ0v) is 10.6. The number of pyridine rings is 1. The Labute approximate surface area is 110 Å². The van der Waals surface area contributed by atoms with Gasteiger partial charge in [-0.15, -0.1) is 0 Å². The van der Waals surface area contributed by atoms with Crippen molar-refractivity contribution in [2.45, 2.75) is 19.8 Å². The van der Waals surface area contributed by atoms with Crippen molar-refractivity contribution in [2.24, 2.45) is 0 Å². The summed E-state index contributed by atoms with van der Waals surface area (Å²) in [4.78, 5) is 25.7. The summed E-state index contributed by atoms with van der Waals surface area (Å²) >= 11 is 0. The minimum Gasteiger partial charge on any atom is -0.478 e. The molecular weight excluding hydrogens is 253 g/mol. The number of carboxylic acid groups (broad SMARTS) is 1. The summed E-state index contributed by atoms with van der Waals surface area (Å²) in [5.74, 6) is -2.60. The van der Waals surface area contributed by atoms with Crippen LogP contribution in [0.1, 0.15) is 30.1 Å². The molecule has 0 spiro atoms. The van der Waals surface area contributed by atoms with Gasteiger partial charge in [0.1, 0.15) is 5.56 Å². The lowest BCUT2D eigenvalue weighted by molar-refractivity contribution is -0.120. The number of nitrogens with one attached hydrogen (secondary N) is 2. The molecule has 0 aliphatic carbocycles. The van der Waals surface area contributed by atoms with Gasteiger partial charge >= 0.3 is 5.97 Å². The van der Waals surface area contributed by atoms with Crippen LogP contribution in [0.3, 0.4) is 0 Å². The highest BCUT2D eigenvalue weighted by molar-refractivity contribution is 5.88. The average molecular weight is 269 g/mol. The highest BCUT2D eigenvalue weighted by atomic mass is 19.1. The molecule has 19 heavy (non-hydrogen) atoms. The van der Waals surface area contributed by atoms with E-state index in [1.165, 1.54) is 6.20 Å². The molecule has 0 saturated heterocycles. The number of carbonyl (C=O) groups excluding carboxylic acids is 1. The van der Waals surface area contributed by atoms with Gasteiger partial charge in [0.05, 0.1) is 0 Å². The molecular formula is C12H16FN3O3. The van der Waals surface area contributed by atoms with Crippen molar-refractivity contribution in [3.05, 3.63) is 23.6 Å². The number of halogens is 1. The van der Waals surface area contributed by atoms with Crippen molar-refractivity contribution in [3.63, 3.8) is 0 Å². The van der Waals surface area contributed by atoms with Crippen LogP contribution in [-0.4, -0.2) is 35.1 Å². The first-order valence-electron chi connectivity index (χ1n) is 5.94. The number of amides is 1. The number of rotatable bonds is 7. The van der Waals surface area contributed by atoms with Crippen molar-refractivity contribution in [3.8, 4) is 0 Å². The molecule has 1 aromatic rings. The predicted octanol–water partition coefficient (Wildman–Crippen LogP) is 1.25. The number of hydrogen-bond donors (Lipinski definition) is 3. The summed E-state index contributed by atoms with van der Waals surface area (Å²) in [5.41, 5.74) is -0.451. The molecule has 1 heterocycles. The molecule has 0 aromatic carbocycles. The number of aromatic nitrogens is 1. The number of aromatic carboxylic acids is 1. The molecule has 3 N–H and O–H groups in total. The number of nitrogens with zero attached hydrogens (tertiary/aromatic N) is 1. The maximum atomic E-state index is 13.6. The van der Waals surface area contributed by atoms with E-state index in [0.717, 1.165) is 12.5 Å². The van der Waals surface area contributed by atoms with Gasteiger partial charge in [0.2, 0.25) is 5.91 Å². The predicted molar refractivity (Wildman–Crippen MR) is 67.6 cm³/mol. The molecule has 0 aliphatic heterocycles. The SMILES string of the molecule is CCCNC(=O)CCNc1nccc(C(=O)O)c1F. The first kappa shape index (κ1) is 14.9. The molecule has 0 unspecified atom stereocenters. The Morgan fingerprint density at radius 1 is 1.42 bits per heavy atom. The Bertz CT molecular complexity index is 466. The highest BCUT2D eigenvalue weighted by Gasteiger charge is 2.14. The lowest BCUT2D eigenvalue weighted by atomic mass is 10.2. The van der Waals surface area contributed by atoms with Gasteiger partial charge in [-0.05, 0) is 12.5 Å². The van der Waals surface area contributed by atoms with Gasteiger partial charge in [0, 0.05) is 25.7 Å². The van der Waals surface area contributed by atoms with E-state index in [-0.39, 0.29) is 24.7 Å². The fraction of sp³-hybridized carbons (Fsp3) is 0.417. The second-order valence-corrected chi connectivity index (χ2v) is 3.85. The van der Waals surface area contributed by atoms with Gasteiger partial charge < -0.3 is 15.7 Å². The lowest BCUT2D eigenvalue weighted by Gasteiger charge is -2.08. The van der Waals surface area contributed by atoms with E-state index in [9.17, 15) is 14.0 Å². The van der Waals surface area contributed by atoms with E-state index in [1.54, 1.807) is 0 Å². The number of anilines is 1. The molecule has 0 aliphatic rings. The fourth-order valence-corrected chi connectivity index (χ4v) is 1.38. The van der Waals surface area contributed by atoms with Crippen molar-refractivity contribution < 1.29 is 19.1 Å². The molecule has 0 saturated carbocycles. The molecule has 7 heteroatoms. The number of carbonyl (C=O) groups is 2. The molecule has 0 atom stereocenters. The van der Waals surface area contributed by atoms with Crippen LogP contribution in [0.2, 0.25) is 0 Å². The monoisotopic (exact) mass is 269 g/mol. The third-order valence-electron chi connectivity index (χ3n) is 2.34. The van der Waals surface area contributed by atoms with Crippen LogP contribution in [-0.2, 0) is 4.79 Å². The van der Waals surface area contributed by atoms with Crippen LogP contribution >= 0.6 is 0 Å². The Hall–Kier alpha value is -2.18. The van der Waals surface area contributed by atoms with Crippen LogP contribution < -0.4 is 10.6 Å². The van der Waals surface area contributed by atoms with Crippen molar-refractivity contribution in [1.82, 2.24) is 10.3 Å². The molecule has 0 radical (unpaired) electrons. The van der Waals surface area contributed by atoms with Crippen molar-refractivity contribution in [2.75, 3.05) is 18.4 Å². The highest BCUT2D eigenvalue weighted by Crippen LogP contribution is 2.14. The molecule has 104 valence electrons. The van der Waals surface area contributed by atoms with Gasteiger partial charge in [-0.1, -0.05) is 6.92 Å². The van der Waals surface area contributed by atoms with Crippen LogP contribution in [0.25, 0.3) is 0 Å². The summed E-state index contributed by atoms with van der Waals surface area (Å²) in [6.07, 6.45) is 2.21. The largest absolute Gasteiger partial charge is 0.478 e. The van der Waals surface area contributed by atoms with Gasteiger partial charge in [0.15, 0.2) is 11.6 Å². The first-order chi connectivity index (χ1) is 9.06. The summed E-state index contributed by atoms with van der Waals surface area (Å²) in [5, 5.41) is 14.0. The minimum atomic E-state index is -1.36. The normalized spacial score (nSPS) is 10.0. The Kier molecular flexibility index (Phi) is 5.72. The Balaban J connectivity index is 2.52. The number of carboxylic acids is 1. The topological polar surface area (TPSA) is 91.3 Å². The van der Waals surface area contributed by atoms with E-state index in [0.29, 0.717) is 6.54 Å². The van der Waals surface area contributed by atoms with Crippen molar-refractivity contribution in [1.29, 1.82) is 0 Å². The molecule has 1 aromatic heterocycles. The van der Waals surface area contributed by atoms with Crippen LogP contribution in [0, 0.1) is 5.82 Å². The summed E-state index contributed by atoms with van der Waals surface area (Å²) in [6.45, 7) is 2.72. The van der Waals surface area contributed by atoms with Gasteiger partial charge in [-0.3, -0.25) is 4.79 Å². The van der Waals surface area contributed by atoms with Gasteiger partial charge in [-0.2, -0.15) is 0 Å². The first-order valence-corrected chi connectivity index (χ1v) is 5.94. The van der Waals surface area contributed by atoms with E-state index >= 15 is 0 Å². The fourth-order valence-electron chi connectivity index (χ4n) is 1.38. The summed E-state index contributed by atoms with van der Waals surface area (Å²) in [7, 11) is 0. The smallest absolute Gasteiger partial charge is 0.338 e. The maximum absolute atomic E-state index is 13.6. The molecule has 6 nitrogen and oxygen atoms in total. The van der Waals surface area contributed by atoms with E-state index in [2.05, 4.69) is 15.6 Å². The van der Waals surface area contributed by atoms with Crippen LogP contribution in [0.4, 0.5) is 10.2 Å². The third-order valence-corrected chi connectivity index (χ3v) is 2.34. The molecule has 0 fully saturated rings. The minimum absolute atomic E-state index is 0.149. The van der Waals surface area contributed by atoms with Crippen LogP contribution in [0.15, 0.2) is 12.3 Å². The van der Waals surface area contributed by atoms with E-state index < -0.39 is 17.3 Å². The summed E-state index contributed by atoms with van der Waals surface area (Å²) in [6, 6.07) is 1.08. The van der Waals surface area contributed by atoms with Gasteiger partial charge in [-0.25, -0.2) is 14.2 Å². The average Bonchev–Trinajstić information content (AvgIpc) is 2.38. The van der Waals surface area contributed by atoms with Crippen molar-refractivity contribution >= 4 is 17.7 Å². The molecule has 0 bridgehead atoms. The molecule has 1 rings (SSSR count). The van der Waals surface area contributed by atoms with E-state index in [4.69, 9.17) is 5.11 Å². The molecule has 1 amide bonds. The maximum Gasteiger partial charge on any atom is 0.338 e. The quantitative estimate of drug-likeness (QED) is 0.693. The third kappa shape index (κ3) is 4.53. The van der Waals surface area contributed by atoms with E-state index in [1.807, 2.05) is 6.92 Å². The Morgan fingerprint density at radius 3 is 2.79 bits per heavy atom. The van der Waals surface area contributed by atoms with Crippen LogP contribution in [0.5, 0.6) is 0 Å².